The maximum atomic E-state index is 12.7. The third-order valence-corrected chi connectivity index (χ3v) is 4.26. The lowest BCUT2D eigenvalue weighted by atomic mass is 10.0. The largest absolute Gasteiger partial charge is 0.478 e. The number of aromatic nitrogens is 2. The highest BCUT2D eigenvalue weighted by Gasteiger charge is 2.26. The van der Waals surface area contributed by atoms with E-state index in [2.05, 4.69) is 5.10 Å². The van der Waals surface area contributed by atoms with Crippen molar-refractivity contribution in [2.75, 3.05) is 13.1 Å². The molecule has 7 heteroatoms. The van der Waals surface area contributed by atoms with E-state index in [1.807, 2.05) is 0 Å². The summed E-state index contributed by atoms with van der Waals surface area (Å²) in [7, 11) is 0. The Morgan fingerprint density at radius 2 is 2.12 bits per heavy atom. The third kappa shape index (κ3) is 3.30. The van der Waals surface area contributed by atoms with Gasteiger partial charge in [-0.25, -0.2) is 4.79 Å². The molecule has 1 amide bonds. The minimum absolute atomic E-state index is 0.0307. The molecule has 24 heavy (non-hydrogen) atoms. The standard InChI is InChI=1S/C17H19N3O4/c21-11-12-3-1-4-13(7-12)16(22)19-6-2-5-15(10-19)20-9-14(8-18-20)17(23)24/h1,3-4,7-9,15,21H,2,5-6,10-11H2,(H,23,24). The molecule has 2 N–H and O–H groups in total. The van der Waals surface area contributed by atoms with Crippen LogP contribution in [-0.2, 0) is 6.61 Å². The van der Waals surface area contributed by atoms with Crippen molar-refractivity contribution in [2.24, 2.45) is 0 Å². The highest BCUT2D eigenvalue weighted by atomic mass is 16.4. The Bertz CT molecular complexity index is 756. The number of hydrogen-bond acceptors (Lipinski definition) is 4. The Kier molecular flexibility index (Phi) is 4.61. The van der Waals surface area contributed by atoms with Gasteiger partial charge in [0.05, 0.1) is 24.4 Å². The summed E-state index contributed by atoms with van der Waals surface area (Å²) in [5, 5.41) is 22.3. The van der Waals surface area contributed by atoms with Crippen LogP contribution in [0.3, 0.4) is 0 Å². The lowest BCUT2D eigenvalue weighted by Crippen LogP contribution is -2.40. The summed E-state index contributed by atoms with van der Waals surface area (Å²) in [6.07, 6.45) is 4.51. The third-order valence-electron chi connectivity index (χ3n) is 4.26. The molecule has 126 valence electrons. The van der Waals surface area contributed by atoms with Crippen molar-refractivity contribution < 1.29 is 19.8 Å². The molecule has 2 aromatic rings. The number of nitrogens with zero attached hydrogens (tertiary/aromatic N) is 3. The van der Waals surface area contributed by atoms with Crippen molar-refractivity contribution in [2.45, 2.75) is 25.5 Å². The van der Waals surface area contributed by atoms with E-state index in [4.69, 9.17) is 5.11 Å². The lowest BCUT2D eigenvalue weighted by molar-refractivity contribution is 0.0666. The van der Waals surface area contributed by atoms with Gasteiger partial charge in [-0.15, -0.1) is 0 Å². The second-order valence-corrected chi connectivity index (χ2v) is 5.92. The Labute approximate surface area is 139 Å². The molecule has 1 aliphatic rings. The van der Waals surface area contributed by atoms with Crippen LogP contribution in [0.2, 0.25) is 0 Å². The molecule has 1 saturated heterocycles. The van der Waals surface area contributed by atoms with Gasteiger partial charge in [-0.2, -0.15) is 5.10 Å². The van der Waals surface area contributed by atoms with Crippen LogP contribution in [0.5, 0.6) is 0 Å². The summed E-state index contributed by atoms with van der Waals surface area (Å²) in [4.78, 5) is 25.4. The molecule has 0 radical (unpaired) electrons. The van der Waals surface area contributed by atoms with Crippen LogP contribution in [0.15, 0.2) is 36.7 Å². The SMILES string of the molecule is O=C(O)c1cnn(C2CCCN(C(=O)c3cccc(CO)c3)C2)c1. The van der Waals surface area contributed by atoms with E-state index in [9.17, 15) is 14.7 Å². The monoisotopic (exact) mass is 329 g/mol. The van der Waals surface area contributed by atoms with Gasteiger partial charge in [0.15, 0.2) is 0 Å². The number of carboxylic acids is 1. The minimum atomic E-state index is -1.01. The fourth-order valence-corrected chi connectivity index (χ4v) is 2.99. The van der Waals surface area contributed by atoms with E-state index in [1.54, 1.807) is 33.8 Å². The smallest absolute Gasteiger partial charge is 0.338 e. The summed E-state index contributed by atoms with van der Waals surface area (Å²) in [6.45, 7) is 1.05. The fourth-order valence-electron chi connectivity index (χ4n) is 2.99. The number of aliphatic hydroxyl groups excluding tert-OH is 1. The van der Waals surface area contributed by atoms with Crippen molar-refractivity contribution in [3.63, 3.8) is 0 Å². The molecule has 3 rings (SSSR count). The van der Waals surface area contributed by atoms with Gasteiger partial charge in [0.2, 0.25) is 0 Å². The van der Waals surface area contributed by atoms with Crippen LogP contribution in [-0.4, -0.2) is 49.9 Å². The van der Waals surface area contributed by atoms with Gasteiger partial charge in [0.1, 0.15) is 0 Å². The molecule has 0 spiro atoms. The van der Waals surface area contributed by atoms with E-state index in [-0.39, 0.29) is 24.1 Å². The molecule has 2 heterocycles. The molecule has 1 atom stereocenters. The summed E-state index contributed by atoms with van der Waals surface area (Å²) in [5.74, 6) is -1.09. The molecule has 1 fully saturated rings. The highest BCUT2D eigenvalue weighted by molar-refractivity contribution is 5.94. The fraction of sp³-hybridized carbons (Fsp3) is 0.353. The molecular formula is C17H19N3O4. The second kappa shape index (κ2) is 6.84. The first-order valence-corrected chi connectivity index (χ1v) is 7.85. The number of piperidine rings is 1. The zero-order valence-corrected chi connectivity index (χ0v) is 13.1. The topological polar surface area (TPSA) is 95.7 Å². The molecule has 7 nitrogen and oxygen atoms in total. The first-order chi connectivity index (χ1) is 11.6. The normalized spacial score (nSPS) is 17.7. The number of amides is 1. The van der Waals surface area contributed by atoms with Gasteiger partial charge in [-0.3, -0.25) is 9.48 Å². The quantitative estimate of drug-likeness (QED) is 0.887. The van der Waals surface area contributed by atoms with E-state index >= 15 is 0 Å². The maximum Gasteiger partial charge on any atom is 0.338 e. The molecule has 0 bridgehead atoms. The summed E-state index contributed by atoms with van der Waals surface area (Å²) >= 11 is 0. The van der Waals surface area contributed by atoms with Crippen molar-refractivity contribution >= 4 is 11.9 Å². The van der Waals surface area contributed by atoms with Crippen LogP contribution < -0.4 is 0 Å². The zero-order valence-electron chi connectivity index (χ0n) is 13.1. The predicted octanol–water partition coefficient (Wildman–Crippen LogP) is 1.55. The molecule has 1 aromatic carbocycles. The van der Waals surface area contributed by atoms with Crippen LogP contribution in [0.4, 0.5) is 0 Å². The Hall–Kier alpha value is -2.67. The van der Waals surface area contributed by atoms with Gasteiger partial charge in [0.25, 0.3) is 5.91 Å². The number of hydrogen-bond donors (Lipinski definition) is 2. The van der Waals surface area contributed by atoms with Crippen LogP contribution in [0, 0.1) is 0 Å². The van der Waals surface area contributed by atoms with E-state index in [0.717, 1.165) is 12.8 Å². The van der Waals surface area contributed by atoms with Gasteiger partial charge in [0, 0.05) is 24.8 Å². The molecule has 1 unspecified atom stereocenters. The summed E-state index contributed by atoms with van der Waals surface area (Å²) in [5.41, 5.74) is 1.40. The number of benzene rings is 1. The molecule has 1 aliphatic heterocycles. The zero-order chi connectivity index (χ0) is 17.1. The predicted molar refractivity (Wildman–Crippen MR) is 85.7 cm³/mol. The first-order valence-electron chi connectivity index (χ1n) is 7.85. The Balaban J connectivity index is 1.74. The number of rotatable bonds is 4. The summed E-state index contributed by atoms with van der Waals surface area (Å²) < 4.78 is 1.63. The highest BCUT2D eigenvalue weighted by Crippen LogP contribution is 2.23. The average molecular weight is 329 g/mol. The molecular weight excluding hydrogens is 310 g/mol. The van der Waals surface area contributed by atoms with E-state index < -0.39 is 5.97 Å². The van der Waals surface area contributed by atoms with E-state index in [0.29, 0.717) is 24.2 Å². The van der Waals surface area contributed by atoms with Crippen LogP contribution in [0.25, 0.3) is 0 Å². The molecule has 1 aromatic heterocycles. The number of likely N-dealkylation sites (tertiary alicyclic amines) is 1. The van der Waals surface area contributed by atoms with Gasteiger partial charge < -0.3 is 15.1 Å². The Morgan fingerprint density at radius 3 is 2.83 bits per heavy atom. The number of aliphatic hydroxyl groups is 1. The van der Waals surface area contributed by atoms with Gasteiger partial charge >= 0.3 is 5.97 Å². The van der Waals surface area contributed by atoms with Gasteiger partial charge in [-0.05, 0) is 30.5 Å². The minimum Gasteiger partial charge on any atom is -0.478 e. The number of carbonyl (C=O) groups excluding carboxylic acids is 1. The van der Waals surface area contributed by atoms with Crippen molar-refractivity contribution in [3.8, 4) is 0 Å². The molecule has 0 saturated carbocycles. The number of carbonyl (C=O) groups is 2. The summed E-state index contributed by atoms with van der Waals surface area (Å²) in [6, 6.07) is 6.93. The average Bonchev–Trinajstić information content (AvgIpc) is 3.12. The lowest BCUT2D eigenvalue weighted by Gasteiger charge is -2.33. The Morgan fingerprint density at radius 1 is 1.29 bits per heavy atom. The van der Waals surface area contributed by atoms with Crippen LogP contribution >= 0.6 is 0 Å². The van der Waals surface area contributed by atoms with Gasteiger partial charge in [-0.1, -0.05) is 12.1 Å². The van der Waals surface area contributed by atoms with E-state index in [1.165, 1.54) is 12.4 Å². The van der Waals surface area contributed by atoms with Crippen molar-refractivity contribution in [3.05, 3.63) is 53.3 Å². The van der Waals surface area contributed by atoms with Crippen molar-refractivity contribution in [1.82, 2.24) is 14.7 Å². The van der Waals surface area contributed by atoms with Crippen molar-refractivity contribution in [1.29, 1.82) is 0 Å². The van der Waals surface area contributed by atoms with Crippen LogP contribution in [0.1, 0.15) is 45.2 Å². The second-order valence-electron chi connectivity index (χ2n) is 5.92. The maximum absolute atomic E-state index is 12.7. The molecule has 0 aliphatic carbocycles. The first kappa shape index (κ1) is 16.2. The number of aromatic carboxylic acids is 1. The number of carboxylic acid groups (broad SMARTS) is 1.